The van der Waals surface area contributed by atoms with Gasteiger partial charge in [0.25, 0.3) is 0 Å². The molecule has 1 aromatic carbocycles. The Bertz CT molecular complexity index is 176. The van der Waals surface area contributed by atoms with Crippen LogP contribution in [0.15, 0.2) is 30.3 Å². The molecule has 2 heteroatoms. The van der Waals surface area contributed by atoms with E-state index in [1.807, 2.05) is 6.07 Å². The Balaban J connectivity index is 0.000000128. The van der Waals surface area contributed by atoms with Crippen LogP contribution in [0.1, 0.15) is 6.42 Å². The molecule has 60 valence electrons. The largest absolute Gasteiger partial charge is 0.508 e. The van der Waals surface area contributed by atoms with Crippen LogP contribution in [0.3, 0.4) is 0 Å². The molecule has 0 spiro atoms. The van der Waals surface area contributed by atoms with Crippen LogP contribution >= 0.6 is 0 Å². The van der Waals surface area contributed by atoms with Crippen molar-refractivity contribution in [1.82, 2.24) is 0 Å². The van der Waals surface area contributed by atoms with Gasteiger partial charge in [-0.05, 0) is 18.6 Å². The van der Waals surface area contributed by atoms with E-state index in [9.17, 15) is 0 Å². The number of benzene rings is 1. The SMILES string of the molecule is C1COC1.Oc1ccccc1. The summed E-state index contributed by atoms with van der Waals surface area (Å²) in [5.74, 6) is 0.322. The molecule has 1 saturated heterocycles. The molecule has 1 aliphatic rings. The van der Waals surface area contributed by atoms with Crippen molar-refractivity contribution in [2.24, 2.45) is 0 Å². The van der Waals surface area contributed by atoms with Gasteiger partial charge in [0.15, 0.2) is 0 Å². The second kappa shape index (κ2) is 4.74. The summed E-state index contributed by atoms with van der Waals surface area (Å²) in [6.07, 6.45) is 1.28. The first-order valence-corrected chi connectivity index (χ1v) is 3.71. The number of ether oxygens (including phenoxy) is 1. The summed E-state index contributed by atoms with van der Waals surface area (Å²) in [6.45, 7) is 2.00. The van der Waals surface area contributed by atoms with Gasteiger partial charge in [0, 0.05) is 13.2 Å². The van der Waals surface area contributed by atoms with Crippen molar-refractivity contribution in [2.75, 3.05) is 13.2 Å². The third-order valence-electron chi connectivity index (χ3n) is 1.33. The van der Waals surface area contributed by atoms with Gasteiger partial charge in [0.1, 0.15) is 5.75 Å². The van der Waals surface area contributed by atoms with Crippen molar-refractivity contribution < 1.29 is 9.84 Å². The number of para-hydroxylation sites is 1. The molecular weight excluding hydrogens is 140 g/mol. The number of aromatic hydroxyl groups is 1. The zero-order chi connectivity index (χ0) is 7.94. The van der Waals surface area contributed by atoms with Crippen LogP contribution in [-0.2, 0) is 4.74 Å². The minimum atomic E-state index is 0.322. The maximum absolute atomic E-state index is 8.63. The molecule has 0 unspecified atom stereocenters. The Morgan fingerprint density at radius 1 is 1.09 bits per heavy atom. The second-order valence-electron chi connectivity index (χ2n) is 2.30. The summed E-state index contributed by atoms with van der Waals surface area (Å²) in [6, 6.07) is 8.71. The number of hydrogen-bond donors (Lipinski definition) is 1. The number of phenolic OH excluding ortho intramolecular Hbond substituents is 1. The van der Waals surface area contributed by atoms with Gasteiger partial charge in [-0.3, -0.25) is 0 Å². The molecule has 0 amide bonds. The molecular formula is C9H12O2. The van der Waals surface area contributed by atoms with Crippen LogP contribution in [0.2, 0.25) is 0 Å². The lowest BCUT2D eigenvalue weighted by Gasteiger charge is -2.09. The Morgan fingerprint density at radius 3 is 1.73 bits per heavy atom. The fraction of sp³-hybridized carbons (Fsp3) is 0.333. The first-order valence-electron chi connectivity index (χ1n) is 3.71. The van der Waals surface area contributed by atoms with E-state index in [0.29, 0.717) is 5.75 Å². The van der Waals surface area contributed by atoms with Crippen LogP contribution in [0, 0.1) is 0 Å². The summed E-state index contributed by atoms with van der Waals surface area (Å²) in [5, 5.41) is 8.63. The fourth-order valence-electron chi connectivity index (χ4n) is 0.572. The van der Waals surface area contributed by atoms with Crippen LogP contribution in [0.4, 0.5) is 0 Å². The Hall–Kier alpha value is -1.02. The van der Waals surface area contributed by atoms with Crippen LogP contribution in [0.5, 0.6) is 5.75 Å². The Kier molecular flexibility index (Phi) is 3.48. The molecule has 0 bridgehead atoms. The molecule has 0 aromatic heterocycles. The van der Waals surface area contributed by atoms with Gasteiger partial charge in [-0.2, -0.15) is 0 Å². The van der Waals surface area contributed by atoms with E-state index in [0.717, 1.165) is 13.2 Å². The highest BCUT2D eigenvalue weighted by Gasteiger charge is 1.94. The molecule has 1 N–H and O–H groups in total. The lowest BCUT2D eigenvalue weighted by molar-refractivity contribution is 0.0367. The van der Waals surface area contributed by atoms with E-state index in [1.54, 1.807) is 24.3 Å². The Labute approximate surface area is 66.4 Å². The van der Waals surface area contributed by atoms with E-state index in [-0.39, 0.29) is 0 Å². The number of hydrogen-bond acceptors (Lipinski definition) is 2. The molecule has 2 nitrogen and oxygen atoms in total. The van der Waals surface area contributed by atoms with Gasteiger partial charge in [-0.15, -0.1) is 0 Å². The molecule has 1 aliphatic heterocycles. The topological polar surface area (TPSA) is 29.5 Å². The van der Waals surface area contributed by atoms with Gasteiger partial charge in [-0.1, -0.05) is 18.2 Å². The predicted octanol–water partition coefficient (Wildman–Crippen LogP) is 1.80. The fourth-order valence-corrected chi connectivity index (χ4v) is 0.572. The molecule has 1 fully saturated rings. The summed E-state index contributed by atoms with van der Waals surface area (Å²) in [5.41, 5.74) is 0. The van der Waals surface area contributed by atoms with Crippen molar-refractivity contribution in [3.63, 3.8) is 0 Å². The smallest absolute Gasteiger partial charge is 0.115 e. The van der Waals surface area contributed by atoms with Crippen molar-refractivity contribution in [3.8, 4) is 5.75 Å². The van der Waals surface area contributed by atoms with Gasteiger partial charge in [-0.25, -0.2) is 0 Å². The lowest BCUT2D eigenvalue weighted by atomic mass is 10.3. The second-order valence-corrected chi connectivity index (χ2v) is 2.30. The van der Waals surface area contributed by atoms with Gasteiger partial charge >= 0.3 is 0 Å². The standard InChI is InChI=1S/C6H6O.C3H6O/c7-6-4-2-1-3-5-6;1-2-4-3-1/h1-5,7H;1-3H2. The van der Waals surface area contributed by atoms with E-state index in [4.69, 9.17) is 9.84 Å². The van der Waals surface area contributed by atoms with Crippen LogP contribution in [-0.4, -0.2) is 18.3 Å². The third-order valence-corrected chi connectivity index (χ3v) is 1.33. The summed E-state index contributed by atoms with van der Waals surface area (Å²) >= 11 is 0. The van der Waals surface area contributed by atoms with Gasteiger partial charge in [0.05, 0.1) is 0 Å². The van der Waals surface area contributed by atoms with Crippen molar-refractivity contribution in [3.05, 3.63) is 30.3 Å². The Morgan fingerprint density at radius 2 is 1.55 bits per heavy atom. The average molecular weight is 152 g/mol. The normalized spacial score (nSPS) is 14.2. The van der Waals surface area contributed by atoms with Crippen LogP contribution in [0.25, 0.3) is 0 Å². The summed E-state index contributed by atoms with van der Waals surface area (Å²) in [7, 11) is 0. The molecule has 0 atom stereocenters. The summed E-state index contributed by atoms with van der Waals surface area (Å²) < 4.78 is 4.72. The van der Waals surface area contributed by atoms with E-state index < -0.39 is 0 Å². The maximum atomic E-state index is 8.63. The average Bonchev–Trinajstić information content (AvgIpc) is 1.85. The van der Waals surface area contributed by atoms with E-state index in [2.05, 4.69) is 0 Å². The molecule has 2 rings (SSSR count). The zero-order valence-electron chi connectivity index (χ0n) is 6.36. The highest BCUT2D eigenvalue weighted by molar-refractivity contribution is 5.18. The molecule has 1 heterocycles. The lowest BCUT2D eigenvalue weighted by Crippen LogP contribution is -2.09. The van der Waals surface area contributed by atoms with E-state index in [1.165, 1.54) is 6.42 Å². The highest BCUT2D eigenvalue weighted by Crippen LogP contribution is 2.02. The zero-order valence-corrected chi connectivity index (χ0v) is 6.36. The van der Waals surface area contributed by atoms with Crippen LogP contribution < -0.4 is 0 Å². The minimum absolute atomic E-state index is 0.322. The number of phenols is 1. The first kappa shape index (κ1) is 8.08. The first-order chi connectivity index (χ1) is 5.39. The van der Waals surface area contributed by atoms with Crippen molar-refractivity contribution >= 4 is 0 Å². The quantitative estimate of drug-likeness (QED) is 0.614. The van der Waals surface area contributed by atoms with Crippen molar-refractivity contribution in [2.45, 2.75) is 6.42 Å². The van der Waals surface area contributed by atoms with Crippen molar-refractivity contribution in [1.29, 1.82) is 0 Å². The van der Waals surface area contributed by atoms with Gasteiger partial charge < -0.3 is 9.84 Å². The summed E-state index contributed by atoms with van der Waals surface area (Å²) in [4.78, 5) is 0. The van der Waals surface area contributed by atoms with E-state index >= 15 is 0 Å². The predicted molar refractivity (Wildman–Crippen MR) is 43.5 cm³/mol. The highest BCUT2D eigenvalue weighted by atomic mass is 16.5. The third kappa shape index (κ3) is 3.63. The van der Waals surface area contributed by atoms with Gasteiger partial charge in [0.2, 0.25) is 0 Å². The maximum Gasteiger partial charge on any atom is 0.115 e. The minimum Gasteiger partial charge on any atom is -0.508 e. The molecule has 1 aromatic rings. The molecule has 0 saturated carbocycles. The molecule has 0 aliphatic carbocycles. The number of rotatable bonds is 0. The molecule has 0 radical (unpaired) electrons. The molecule has 11 heavy (non-hydrogen) atoms. The monoisotopic (exact) mass is 152 g/mol.